The molecule has 1 aliphatic rings. The Labute approximate surface area is 115 Å². The van der Waals surface area contributed by atoms with Crippen LogP contribution in [-0.4, -0.2) is 16.6 Å². The number of aliphatic hydroxyl groups is 1. The van der Waals surface area contributed by atoms with Gasteiger partial charge in [-0.05, 0) is 24.5 Å². The highest BCUT2D eigenvalue weighted by molar-refractivity contribution is 5.99. The van der Waals surface area contributed by atoms with E-state index >= 15 is 0 Å². The lowest BCUT2D eigenvalue weighted by Crippen LogP contribution is -2.34. The maximum Gasteiger partial charge on any atom is 0.252 e. The number of rotatable bonds is 6. The minimum absolute atomic E-state index is 0.0176. The van der Waals surface area contributed by atoms with E-state index in [4.69, 9.17) is 0 Å². The fraction of sp³-hybridized carbons (Fsp3) is 0.562. The zero-order valence-electron chi connectivity index (χ0n) is 11.8. The number of benzene rings is 1. The summed E-state index contributed by atoms with van der Waals surface area (Å²) in [5, 5.41) is 13.7. The van der Waals surface area contributed by atoms with Crippen molar-refractivity contribution in [3.63, 3.8) is 0 Å². The van der Waals surface area contributed by atoms with Gasteiger partial charge in [0, 0.05) is 12.0 Å². The van der Waals surface area contributed by atoms with Crippen LogP contribution >= 0.6 is 0 Å². The highest BCUT2D eigenvalue weighted by Crippen LogP contribution is 2.35. The van der Waals surface area contributed by atoms with Crippen LogP contribution in [0, 0.1) is 0 Å². The molecule has 0 aliphatic carbocycles. The molecule has 104 valence electrons. The molecule has 0 aromatic heterocycles. The molecule has 0 spiro atoms. The molecule has 1 aromatic rings. The zero-order chi connectivity index (χ0) is 13.9. The van der Waals surface area contributed by atoms with Crippen LogP contribution in [0.2, 0.25) is 0 Å². The van der Waals surface area contributed by atoms with Gasteiger partial charge in [-0.3, -0.25) is 4.79 Å². The van der Waals surface area contributed by atoms with Gasteiger partial charge >= 0.3 is 0 Å². The van der Waals surface area contributed by atoms with E-state index in [0.29, 0.717) is 6.42 Å². The molecule has 1 amide bonds. The van der Waals surface area contributed by atoms with Crippen molar-refractivity contribution in [2.45, 2.75) is 57.6 Å². The molecule has 2 rings (SSSR count). The van der Waals surface area contributed by atoms with Gasteiger partial charge in [0.05, 0.1) is 11.6 Å². The first-order valence-electron chi connectivity index (χ1n) is 7.22. The van der Waals surface area contributed by atoms with Gasteiger partial charge in [-0.1, -0.05) is 44.9 Å². The predicted molar refractivity (Wildman–Crippen MR) is 76.0 cm³/mol. The molecule has 1 aliphatic heterocycles. The molecule has 1 heterocycles. The summed E-state index contributed by atoms with van der Waals surface area (Å²) in [7, 11) is 0. The Morgan fingerprint density at radius 3 is 2.47 bits per heavy atom. The lowest BCUT2D eigenvalue weighted by molar-refractivity contribution is 0.00454. The Kier molecular flexibility index (Phi) is 4.25. The van der Waals surface area contributed by atoms with Gasteiger partial charge in [-0.25, -0.2) is 0 Å². The standard InChI is InChI=1S/C16H23NO2/c1-3-9-16(19,10-4-2)11-14-12-7-5-6-8-13(12)15(18)17-14/h5-8,14,19H,3-4,9-11H2,1-2H3,(H,17,18). The average Bonchev–Trinajstić information content (AvgIpc) is 2.67. The molecular formula is C16H23NO2. The summed E-state index contributed by atoms with van der Waals surface area (Å²) in [5.41, 5.74) is 1.11. The van der Waals surface area contributed by atoms with Crippen molar-refractivity contribution in [1.82, 2.24) is 5.32 Å². The van der Waals surface area contributed by atoms with Crippen LogP contribution in [0.1, 0.15) is 67.9 Å². The molecule has 0 radical (unpaired) electrons. The van der Waals surface area contributed by atoms with E-state index in [-0.39, 0.29) is 11.9 Å². The van der Waals surface area contributed by atoms with E-state index in [2.05, 4.69) is 19.2 Å². The minimum atomic E-state index is -0.668. The number of hydrogen-bond acceptors (Lipinski definition) is 2. The van der Waals surface area contributed by atoms with Gasteiger partial charge in [0.15, 0.2) is 0 Å². The maximum absolute atomic E-state index is 11.9. The first-order chi connectivity index (χ1) is 9.09. The smallest absolute Gasteiger partial charge is 0.252 e. The Hall–Kier alpha value is -1.35. The van der Waals surface area contributed by atoms with Gasteiger partial charge in [0.25, 0.3) is 5.91 Å². The van der Waals surface area contributed by atoms with Crippen LogP contribution in [-0.2, 0) is 0 Å². The van der Waals surface area contributed by atoms with Crippen LogP contribution in [0.3, 0.4) is 0 Å². The van der Waals surface area contributed by atoms with Crippen molar-refractivity contribution in [3.8, 4) is 0 Å². The van der Waals surface area contributed by atoms with Crippen molar-refractivity contribution in [1.29, 1.82) is 0 Å². The topological polar surface area (TPSA) is 49.3 Å². The molecule has 1 aromatic carbocycles. The zero-order valence-corrected chi connectivity index (χ0v) is 11.8. The summed E-state index contributed by atoms with van der Waals surface area (Å²) in [6.45, 7) is 4.17. The van der Waals surface area contributed by atoms with Gasteiger partial charge in [-0.15, -0.1) is 0 Å². The Morgan fingerprint density at radius 1 is 1.21 bits per heavy atom. The first kappa shape index (κ1) is 14.1. The molecular weight excluding hydrogens is 238 g/mol. The second kappa shape index (κ2) is 5.74. The molecule has 2 N–H and O–H groups in total. The Balaban J connectivity index is 2.18. The molecule has 0 bridgehead atoms. The molecule has 19 heavy (non-hydrogen) atoms. The third kappa shape index (κ3) is 2.98. The lowest BCUT2D eigenvalue weighted by atomic mass is 9.84. The number of fused-ring (bicyclic) bond motifs is 1. The third-order valence-corrected chi connectivity index (χ3v) is 3.90. The van der Waals surface area contributed by atoms with Crippen molar-refractivity contribution in [2.75, 3.05) is 0 Å². The van der Waals surface area contributed by atoms with Crippen LogP contribution in [0.15, 0.2) is 24.3 Å². The molecule has 1 unspecified atom stereocenters. The maximum atomic E-state index is 11.9. The fourth-order valence-corrected chi connectivity index (χ4v) is 3.12. The second-order valence-electron chi connectivity index (χ2n) is 5.54. The normalized spacial score (nSPS) is 18.3. The van der Waals surface area contributed by atoms with Gasteiger partial charge < -0.3 is 10.4 Å². The average molecular weight is 261 g/mol. The largest absolute Gasteiger partial charge is 0.390 e. The highest BCUT2D eigenvalue weighted by atomic mass is 16.3. The molecule has 3 heteroatoms. The summed E-state index contributed by atoms with van der Waals surface area (Å²) in [6.07, 6.45) is 4.10. The fourth-order valence-electron chi connectivity index (χ4n) is 3.12. The number of carbonyl (C=O) groups excluding carboxylic acids is 1. The quantitative estimate of drug-likeness (QED) is 0.826. The molecule has 3 nitrogen and oxygen atoms in total. The van der Waals surface area contributed by atoms with E-state index < -0.39 is 5.60 Å². The Morgan fingerprint density at radius 2 is 1.84 bits per heavy atom. The van der Waals surface area contributed by atoms with Crippen molar-refractivity contribution in [3.05, 3.63) is 35.4 Å². The van der Waals surface area contributed by atoms with Crippen LogP contribution in [0.25, 0.3) is 0 Å². The minimum Gasteiger partial charge on any atom is -0.390 e. The van der Waals surface area contributed by atoms with Gasteiger partial charge in [0.1, 0.15) is 0 Å². The summed E-state index contributed by atoms with van der Waals surface area (Å²) in [6, 6.07) is 7.61. The lowest BCUT2D eigenvalue weighted by Gasteiger charge is -2.30. The van der Waals surface area contributed by atoms with Crippen molar-refractivity contribution in [2.24, 2.45) is 0 Å². The summed E-state index contributed by atoms with van der Waals surface area (Å²) < 4.78 is 0. The molecule has 1 atom stereocenters. The number of nitrogens with one attached hydrogen (secondary N) is 1. The molecule has 0 saturated heterocycles. The first-order valence-corrected chi connectivity index (χ1v) is 7.22. The molecule has 0 fully saturated rings. The second-order valence-corrected chi connectivity index (χ2v) is 5.54. The van der Waals surface area contributed by atoms with Crippen LogP contribution < -0.4 is 5.32 Å². The van der Waals surface area contributed by atoms with Gasteiger partial charge in [-0.2, -0.15) is 0 Å². The van der Waals surface area contributed by atoms with Crippen LogP contribution in [0.5, 0.6) is 0 Å². The molecule has 0 saturated carbocycles. The van der Waals surface area contributed by atoms with Gasteiger partial charge in [0.2, 0.25) is 0 Å². The summed E-state index contributed by atoms with van der Waals surface area (Å²) in [5.74, 6) is -0.0176. The number of hydrogen-bond donors (Lipinski definition) is 2. The van der Waals surface area contributed by atoms with Crippen molar-refractivity contribution >= 4 is 5.91 Å². The summed E-state index contributed by atoms with van der Waals surface area (Å²) >= 11 is 0. The number of carbonyl (C=O) groups is 1. The predicted octanol–water partition coefficient (Wildman–Crippen LogP) is 3.19. The monoisotopic (exact) mass is 261 g/mol. The number of amides is 1. The SMILES string of the molecule is CCCC(O)(CCC)CC1NC(=O)c2ccccc21. The van der Waals surface area contributed by atoms with Crippen LogP contribution in [0.4, 0.5) is 0 Å². The van der Waals surface area contributed by atoms with E-state index in [1.165, 1.54) is 0 Å². The van der Waals surface area contributed by atoms with Crippen molar-refractivity contribution < 1.29 is 9.90 Å². The third-order valence-electron chi connectivity index (χ3n) is 3.90. The summed E-state index contributed by atoms with van der Waals surface area (Å²) in [4.78, 5) is 11.9. The van der Waals surface area contributed by atoms with E-state index in [9.17, 15) is 9.90 Å². The highest BCUT2D eigenvalue weighted by Gasteiger charge is 2.35. The van der Waals surface area contributed by atoms with E-state index in [0.717, 1.165) is 36.8 Å². The van der Waals surface area contributed by atoms with E-state index in [1.54, 1.807) is 0 Å². The van der Waals surface area contributed by atoms with E-state index in [1.807, 2.05) is 24.3 Å². The Bertz CT molecular complexity index is 450.